The summed E-state index contributed by atoms with van der Waals surface area (Å²) >= 11 is 6.11. The van der Waals surface area contributed by atoms with Crippen LogP contribution in [0.1, 0.15) is 5.56 Å². The van der Waals surface area contributed by atoms with Gasteiger partial charge in [-0.1, -0.05) is 23.7 Å². The predicted octanol–water partition coefficient (Wildman–Crippen LogP) is 2.46. The van der Waals surface area contributed by atoms with Gasteiger partial charge in [-0.25, -0.2) is 13.2 Å². The maximum absolute atomic E-state index is 12.8. The number of rotatable bonds is 8. The molecule has 0 unspecified atom stereocenters. The van der Waals surface area contributed by atoms with E-state index in [-0.39, 0.29) is 34.3 Å². The van der Waals surface area contributed by atoms with Crippen molar-refractivity contribution in [3.8, 4) is 11.8 Å². The second kappa shape index (κ2) is 11.8. The minimum atomic E-state index is -3.81. The standard InChI is InChI=1S/C23H22ClN3O7S/c1-32-18-4-2-16(3-5-18)12-17(14-25)23(29)34-15-22(28)26-21-13-19(6-7-20(21)24)35(30,31)27-8-10-33-11-9-27/h2-7,12-13H,8-11,15H2,1H3,(H,26,28). The Balaban J connectivity index is 1.64. The van der Waals surface area contributed by atoms with Gasteiger partial charge in [0, 0.05) is 13.1 Å². The number of esters is 1. The summed E-state index contributed by atoms with van der Waals surface area (Å²) in [4.78, 5) is 24.5. The number of anilines is 1. The van der Waals surface area contributed by atoms with Crippen molar-refractivity contribution in [2.45, 2.75) is 4.90 Å². The molecule has 1 heterocycles. The van der Waals surface area contributed by atoms with Crippen LogP contribution >= 0.6 is 11.6 Å². The van der Waals surface area contributed by atoms with Crippen LogP contribution < -0.4 is 10.1 Å². The Kier molecular flexibility index (Phi) is 8.84. The van der Waals surface area contributed by atoms with Crippen molar-refractivity contribution in [2.75, 3.05) is 45.3 Å². The highest BCUT2D eigenvalue weighted by molar-refractivity contribution is 7.89. The van der Waals surface area contributed by atoms with E-state index in [1.54, 1.807) is 30.3 Å². The molecule has 0 saturated carbocycles. The lowest BCUT2D eigenvalue weighted by molar-refractivity contribution is -0.142. The first-order chi connectivity index (χ1) is 16.7. The number of carbonyl (C=O) groups excluding carboxylic acids is 2. The summed E-state index contributed by atoms with van der Waals surface area (Å²) in [6.07, 6.45) is 1.32. The van der Waals surface area contributed by atoms with Crippen LogP contribution in [-0.4, -0.2) is 64.6 Å². The molecule has 0 aliphatic carbocycles. The van der Waals surface area contributed by atoms with E-state index in [4.69, 9.17) is 25.8 Å². The molecule has 0 aromatic heterocycles. The number of hydrogen-bond donors (Lipinski definition) is 1. The molecule has 1 fully saturated rings. The molecule has 2 aromatic rings. The van der Waals surface area contributed by atoms with Crippen molar-refractivity contribution in [3.63, 3.8) is 0 Å². The lowest BCUT2D eigenvalue weighted by Crippen LogP contribution is -2.40. The largest absolute Gasteiger partial charge is 0.497 e. The maximum Gasteiger partial charge on any atom is 0.349 e. The smallest absolute Gasteiger partial charge is 0.349 e. The second-order valence-electron chi connectivity index (χ2n) is 7.23. The van der Waals surface area contributed by atoms with Crippen LogP contribution in [0, 0.1) is 11.3 Å². The van der Waals surface area contributed by atoms with Gasteiger partial charge in [0.05, 0.1) is 35.9 Å². The van der Waals surface area contributed by atoms with Gasteiger partial charge in [-0.3, -0.25) is 4.79 Å². The van der Waals surface area contributed by atoms with Crippen LogP contribution in [0.2, 0.25) is 5.02 Å². The molecular weight excluding hydrogens is 498 g/mol. The number of carbonyl (C=O) groups is 2. The molecule has 1 N–H and O–H groups in total. The third-order valence-electron chi connectivity index (χ3n) is 4.92. The third-order valence-corrected chi connectivity index (χ3v) is 7.15. The van der Waals surface area contributed by atoms with Crippen molar-refractivity contribution in [3.05, 3.63) is 58.6 Å². The van der Waals surface area contributed by atoms with Gasteiger partial charge in [0.2, 0.25) is 10.0 Å². The summed E-state index contributed by atoms with van der Waals surface area (Å²) in [5.41, 5.74) is 0.296. The number of sulfonamides is 1. The highest BCUT2D eigenvalue weighted by Crippen LogP contribution is 2.27. The van der Waals surface area contributed by atoms with Crippen molar-refractivity contribution < 1.29 is 32.2 Å². The van der Waals surface area contributed by atoms with Gasteiger partial charge in [-0.2, -0.15) is 9.57 Å². The fourth-order valence-corrected chi connectivity index (χ4v) is 4.69. The number of nitriles is 1. The van der Waals surface area contributed by atoms with E-state index < -0.39 is 28.5 Å². The van der Waals surface area contributed by atoms with Gasteiger partial charge in [-0.15, -0.1) is 0 Å². The molecule has 0 atom stereocenters. The van der Waals surface area contributed by atoms with Gasteiger partial charge in [0.15, 0.2) is 6.61 Å². The minimum absolute atomic E-state index is 0.0383. The molecule has 0 spiro atoms. The van der Waals surface area contributed by atoms with E-state index in [2.05, 4.69) is 5.32 Å². The number of ether oxygens (including phenoxy) is 3. The number of halogens is 1. The van der Waals surface area contributed by atoms with Gasteiger partial charge < -0.3 is 19.5 Å². The summed E-state index contributed by atoms with van der Waals surface area (Å²) in [5.74, 6) is -1.14. The van der Waals surface area contributed by atoms with Crippen molar-refractivity contribution in [2.24, 2.45) is 0 Å². The second-order valence-corrected chi connectivity index (χ2v) is 9.57. The molecule has 184 valence electrons. The topological polar surface area (TPSA) is 135 Å². The van der Waals surface area contributed by atoms with E-state index >= 15 is 0 Å². The van der Waals surface area contributed by atoms with E-state index in [9.17, 15) is 23.3 Å². The Morgan fingerprint density at radius 1 is 1.20 bits per heavy atom. The van der Waals surface area contributed by atoms with Crippen molar-refractivity contribution in [1.29, 1.82) is 5.26 Å². The van der Waals surface area contributed by atoms with Gasteiger partial charge in [0.25, 0.3) is 5.91 Å². The van der Waals surface area contributed by atoms with E-state index in [1.807, 2.05) is 0 Å². The molecule has 10 nitrogen and oxygen atoms in total. The Labute approximate surface area is 207 Å². The molecule has 3 rings (SSSR count). The molecule has 0 radical (unpaired) electrons. The van der Waals surface area contributed by atoms with Crippen molar-refractivity contribution >= 4 is 45.3 Å². The number of methoxy groups -OCH3 is 1. The Morgan fingerprint density at radius 2 is 1.89 bits per heavy atom. The van der Waals surface area contributed by atoms with Crippen LogP contribution in [0.25, 0.3) is 6.08 Å². The average molecular weight is 520 g/mol. The fraction of sp³-hybridized carbons (Fsp3) is 0.261. The Morgan fingerprint density at radius 3 is 2.51 bits per heavy atom. The quantitative estimate of drug-likeness (QED) is 0.319. The molecule has 0 bridgehead atoms. The first-order valence-electron chi connectivity index (χ1n) is 10.3. The van der Waals surface area contributed by atoms with Crippen LogP contribution in [0.15, 0.2) is 52.9 Å². The average Bonchev–Trinajstić information content (AvgIpc) is 2.87. The monoisotopic (exact) mass is 519 g/mol. The summed E-state index contributed by atoms with van der Waals surface area (Å²) in [7, 11) is -2.29. The van der Waals surface area contributed by atoms with Crippen LogP contribution in [0.4, 0.5) is 5.69 Å². The Hall–Kier alpha value is -3.43. The Bertz CT molecular complexity index is 1270. The number of amides is 1. The zero-order chi connectivity index (χ0) is 25.4. The number of nitrogens with zero attached hydrogens (tertiary/aromatic N) is 2. The van der Waals surface area contributed by atoms with E-state index in [1.165, 1.54) is 35.7 Å². The summed E-state index contributed by atoms with van der Waals surface area (Å²) in [6.45, 7) is 0.303. The van der Waals surface area contributed by atoms with Gasteiger partial charge >= 0.3 is 5.97 Å². The molecule has 2 aromatic carbocycles. The lowest BCUT2D eigenvalue weighted by Gasteiger charge is -2.26. The molecule has 1 amide bonds. The highest BCUT2D eigenvalue weighted by Gasteiger charge is 2.27. The normalized spacial score (nSPS) is 14.6. The first kappa shape index (κ1) is 26.2. The molecule has 1 saturated heterocycles. The molecule has 35 heavy (non-hydrogen) atoms. The first-order valence-corrected chi connectivity index (χ1v) is 12.2. The predicted molar refractivity (Wildman–Crippen MR) is 127 cm³/mol. The molecular formula is C23H22ClN3O7S. The molecule has 1 aliphatic rings. The number of morpholine rings is 1. The fourth-order valence-electron chi connectivity index (χ4n) is 3.10. The zero-order valence-electron chi connectivity index (χ0n) is 18.7. The van der Waals surface area contributed by atoms with Gasteiger partial charge in [-0.05, 0) is 42.0 Å². The summed E-state index contributed by atoms with van der Waals surface area (Å²) in [5, 5.41) is 11.8. The lowest BCUT2D eigenvalue weighted by atomic mass is 10.1. The molecule has 1 aliphatic heterocycles. The minimum Gasteiger partial charge on any atom is -0.497 e. The zero-order valence-corrected chi connectivity index (χ0v) is 20.3. The van der Waals surface area contributed by atoms with Gasteiger partial charge in [0.1, 0.15) is 17.4 Å². The SMILES string of the molecule is COc1ccc(C=C(C#N)C(=O)OCC(=O)Nc2cc(S(=O)(=O)N3CCOCC3)ccc2Cl)cc1. The summed E-state index contributed by atoms with van der Waals surface area (Å²) < 4.78 is 42.1. The third kappa shape index (κ3) is 6.80. The van der Waals surface area contributed by atoms with E-state index in [0.717, 1.165) is 0 Å². The number of hydrogen-bond acceptors (Lipinski definition) is 8. The maximum atomic E-state index is 12.8. The number of nitrogens with one attached hydrogen (secondary N) is 1. The number of benzene rings is 2. The van der Waals surface area contributed by atoms with Crippen LogP contribution in [0.5, 0.6) is 5.75 Å². The summed E-state index contributed by atoms with van der Waals surface area (Å²) in [6, 6.07) is 12.3. The highest BCUT2D eigenvalue weighted by atomic mass is 35.5. The van der Waals surface area contributed by atoms with Crippen molar-refractivity contribution in [1.82, 2.24) is 4.31 Å². The van der Waals surface area contributed by atoms with Crippen LogP contribution in [0.3, 0.4) is 0 Å². The van der Waals surface area contributed by atoms with E-state index in [0.29, 0.717) is 24.5 Å². The van der Waals surface area contributed by atoms with Crippen LogP contribution in [-0.2, 0) is 29.1 Å². The molecule has 12 heteroatoms.